The lowest BCUT2D eigenvalue weighted by atomic mass is 9.82. The Kier molecular flexibility index (Phi) is 5.84. The van der Waals surface area contributed by atoms with Crippen molar-refractivity contribution in [2.24, 2.45) is 0 Å². The molecule has 0 radical (unpaired) electrons. The summed E-state index contributed by atoms with van der Waals surface area (Å²) in [6, 6.07) is 54.7. The van der Waals surface area contributed by atoms with Gasteiger partial charge in [0.2, 0.25) is 0 Å². The van der Waals surface area contributed by atoms with Crippen molar-refractivity contribution >= 4 is 53.9 Å². The predicted molar refractivity (Wildman–Crippen MR) is 189 cm³/mol. The lowest BCUT2D eigenvalue weighted by molar-refractivity contribution is -0.178. The van der Waals surface area contributed by atoms with E-state index >= 15 is 0 Å². The molecule has 9 aromatic carbocycles. The Morgan fingerprint density at radius 3 is 1.71 bits per heavy atom. The maximum atomic E-state index is 5.62. The SMILES string of the molecule is COOc1ccc2c(-c3ccc4ccc5cccc6ccc3c4c56)c3ccccc3c(-c3ccccc3-c3ccccc3)c2c1. The van der Waals surface area contributed by atoms with Gasteiger partial charge in [-0.05, 0) is 105 Å². The van der Waals surface area contributed by atoms with Crippen LogP contribution >= 0.6 is 0 Å². The third-order valence-corrected chi connectivity index (χ3v) is 9.25. The molecule has 0 aromatic heterocycles. The first-order valence-electron chi connectivity index (χ1n) is 15.3. The van der Waals surface area contributed by atoms with Crippen LogP contribution in [0.25, 0.3) is 87.2 Å². The van der Waals surface area contributed by atoms with Crippen LogP contribution in [0.1, 0.15) is 0 Å². The zero-order valence-electron chi connectivity index (χ0n) is 24.8. The van der Waals surface area contributed by atoms with Gasteiger partial charge in [0, 0.05) is 0 Å². The minimum Gasteiger partial charge on any atom is -0.338 e. The molecule has 0 aliphatic rings. The molecule has 0 aliphatic carbocycles. The van der Waals surface area contributed by atoms with E-state index in [9.17, 15) is 0 Å². The molecule has 0 bridgehead atoms. The molecule has 0 spiro atoms. The first kappa shape index (κ1) is 25.8. The number of hydrogen-bond donors (Lipinski definition) is 0. The van der Waals surface area contributed by atoms with Gasteiger partial charge >= 0.3 is 0 Å². The van der Waals surface area contributed by atoms with Crippen LogP contribution in [0.2, 0.25) is 0 Å². The highest BCUT2D eigenvalue weighted by atomic mass is 17.2. The second kappa shape index (κ2) is 10.2. The molecule has 0 saturated carbocycles. The standard InChI is InChI=1S/C43H28O2/c1-44-45-31-22-25-38-39(26-31)43(33-15-6-5-14-32(33)27-10-3-2-4-11-27)35-17-8-7-16-34(35)42(38)37-24-21-30-19-18-28-12-9-13-29-20-23-36(37)41(30)40(28)29/h2-26H,1H3. The predicted octanol–water partition coefficient (Wildman–Crippen LogP) is 11.8. The van der Waals surface area contributed by atoms with E-state index in [1.807, 2.05) is 6.07 Å². The maximum absolute atomic E-state index is 5.62. The fourth-order valence-electron chi connectivity index (χ4n) is 7.41. The van der Waals surface area contributed by atoms with Gasteiger partial charge < -0.3 is 4.89 Å². The summed E-state index contributed by atoms with van der Waals surface area (Å²) in [6.45, 7) is 0. The van der Waals surface area contributed by atoms with E-state index in [2.05, 4.69) is 146 Å². The summed E-state index contributed by atoms with van der Waals surface area (Å²) in [6.07, 6.45) is 0. The Labute approximate surface area is 261 Å². The van der Waals surface area contributed by atoms with Crippen molar-refractivity contribution in [1.82, 2.24) is 0 Å². The van der Waals surface area contributed by atoms with Crippen LogP contribution in [0.15, 0.2) is 152 Å². The summed E-state index contributed by atoms with van der Waals surface area (Å²) >= 11 is 0. The van der Waals surface area contributed by atoms with Crippen molar-refractivity contribution in [1.29, 1.82) is 0 Å². The molecule has 0 atom stereocenters. The van der Waals surface area contributed by atoms with Gasteiger partial charge in [0.15, 0.2) is 5.75 Å². The van der Waals surface area contributed by atoms with Gasteiger partial charge in [0.1, 0.15) is 0 Å². The smallest absolute Gasteiger partial charge is 0.166 e. The normalized spacial score (nSPS) is 11.8. The first-order chi connectivity index (χ1) is 22.3. The van der Waals surface area contributed by atoms with E-state index in [1.165, 1.54) is 81.9 Å². The fraction of sp³-hybridized carbons (Fsp3) is 0.0233. The number of fused-ring (bicyclic) bond motifs is 2. The van der Waals surface area contributed by atoms with Gasteiger partial charge in [-0.15, -0.1) is 0 Å². The molecular formula is C43H28O2. The average molecular weight is 577 g/mol. The van der Waals surface area contributed by atoms with E-state index in [0.29, 0.717) is 5.75 Å². The average Bonchev–Trinajstić information content (AvgIpc) is 3.10. The summed E-state index contributed by atoms with van der Waals surface area (Å²) in [5, 5.41) is 12.4. The lowest BCUT2D eigenvalue weighted by Crippen LogP contribution is -1.95. The van der Waals surface area contributed by atoms with Crippen molar-refractivity contribution in [2.75, 3.05) is 7.11 Å². The molecule has 0 heterocycles. The molecule has 9 aromatic rings. The van der Waals surface area contributed by atoms with Crippen LogP contribution in [0, 0.1) is 0 Å². The summed E-state index contributed by atoms with van der Waals surface area (Å²) in [4.78, 5) is 10.8. The van der Waals surface area contributed by atoms with Gasteiger partial charge in [0.25, 0.3) is 0 Å². The molecule has 9 rings (SSSR count). The molecule has 0 fully saturated rings. The van der Waals surface area contributed by atoms with Crippen LogP contribution < -0.4 is 4.89 Å². The molecule has 212 valence electrons. The van der Waals surface area contributed by atoms with Crippen molar-refractivity contribution in [3.05, 3.63) is 152 Å². The quantitative estimate of drug-likeness (QED) is 0.0878. The second-order valence-corrected chi connectivity index (χ2v) is 11.6. The maximum Gasteiger partial charge on any atom is 0.166 e. The molecule has 0 unspecified atom stereocenters. The molecule has 0 saturated heterocycles. The molecule has 0 N–H and O–H groups in total. The molecule has 0 aliphatic heterocycles. The van der Waals surface area contributed by atoms with Gasteiger partial charge in [0.05, 0.1) is 7.11 Å². The Morgan fingerprint density at radius 1 is 0.378 bits per heavy atom. The Bertz CT molecular complexity index is 2530. The lowest BCUT2D eigenvalue weighted by Gasteiger charge is -2.21. The van der Waals surface area contributed by atoms with Gasteiger partial charge in [-0.25, -0.2) is 0 Å². The zero-order valence-corrected chi connectivity index (χ0v) is 24.8. The first-order valence-corrected chi connectivity index (χ1v) is 15.3. The highest BCUT2D eigenvalue weighted by Gasteiger charge is 2.21. The molecule has 45 heavy (non-hydrogen) atoms. The van der Waals surface area contributed by atoms with Gasteiger partial charge in [-0.3, -0.25) is 0 Å². The monoisotopic (exact) mass is 576 g/mol. The van der Waals surface area contributed by atoms with Crippen molar-refractivity contribution in [2.45, 2.75) is 0 Å². The van der Waals surface area contributed by atoms with Crippen LogP contribution in [0.4, 0.5) is 0 Å². The summed E-state index contributed by atoms with van der Waals surface area (Å²) in [5.41, 5.74) is 7.20. The fourth-order valence-corrected chi connectivity index (χ4v) is 7.41. The number of benzene rings is 9. The van der Waals surface area contributed by atoms with Crippen LogP contribution in [0.3, 0.4) is 0 Å². The van der Waals surface area contributed by atoms with E-state index < -0.39 is 0 Å². The summed E-state index contributed by atoms with van der Waals surface area (Å²) < 4.78 is 0. The zero-order chi connectivity index (χ0) is 29.9. The highest BCUT2D eigenvalue weighted by Crippen LogP contribution is 2.49. The second-order valence-electron chi connectivity index (χ2n) is 11.6. The topological polar surface area (TPSA) is 18.5 Å². The molecule has 2 heteroatoms. The molecular weight excluding hydrogens is 548 g/mol. The highest BCUT2D eigenvalue weighted by molar-refractivity contribution is 6.29. The minimum absolute atomic E-state index is 0.667. The molecule has 0 amide bonds. The third-order valence-electron chi connectivity index (χ3n) is 9.25. The van der Waals surface area contributed by atoms with Gasteiger partial charge in [-0.2, -0.15) is 4.89 Å². The minimum atomic E-state index is 0.667. The van der Waals surface area contributed by atoms with Crippen molar-refractivity contribution in [3.63, 3.8) is 0 Å². The Morgan fingerprint density at radius 2 is 0.956 bits per heavy atom. The van der Waals surface area contributed by atoms with E-state index in [4.69, 9.17) is 9.78 Å². The molecule has 2 nitrogen and oxygen atoms in total. The van der Waals surface area contributed by atoms with Crippen LogP contribution in [-0.2, 0) is 4.89 Å². The van der Waals surface area contributed by atoms with Crippen molar-refractivity contribution < 1.29 is 9.78 Å². The summed E-state index contributed by atoms with van der Waals surface area (Å²) in [7, 11) is 1.55. The number of hydrogen-bond acceptors (Lipinski definition) is 2. The van der Waals surface area contributed by atoms with E-state index in [0.717, 1.165) is 5.39 Å². The third kappa shape index (κ3) is 3.93. The van der Waals surface area contributed by atoms with Crippen LogP contribution in [0.5, 0.6) is 5.75 Å². The van der Waals surface area contributed by atoms with Crippen LogP contribution in [-0.4, -0.2) is 7.11 Å². The van der Waals surface area contributed by atoms with Crippen molar-refractivity contribution in [3.8, 4) is 39.1 Å². The van der Waals surface area contributed by atoms with E-state index in [-0.39, 0.29) is 0 Å². The van der Waals surface area contributed by atoms with Gasteiger partial charge in [-0.1, -0.05) is 133 Å². The largest absolute Gasteiger partial charge is 0.338 e. The Hall–Kier alpha value is -5.70. The Balaban J connectivity index is 1.45. The summed E-state index contributed by atoms with van der Waals surface area (Å²) in [5.74, 6) is 0.667. The number of rotatable bonds is 5. The van der Waals surface area contributed by atoms with E-state index in [1.54, 1.807) is 7.11 Å².